The average molecular weight is 885 g/mol. The van der Waals surface area contributed by atoms with E-state index in [-0.39, 0.29) is 0 Å². The van der Waals surface area contributed by atoms with Gasteiger partial charge in [-0.25, -0.2) is 0 Å². The van der Waals surface area contributed by atoms with Crippen LogP contribution in [-0.2, 0) is 0 Å². The molecule has 6 aromatic carbocycles. The second-order valence-electron chi connectivity index (χ2n) is 20.4. The van der Waals surface area contributed by atoms with Crippen LogP contribution in [0.3, 0.4) is 0 Å². The SMILES string of the molecule is Cc1cc(C)cc(P(c2cc(C)cc(C)c2-c2cccc([C@H]([C@H]3CCCC3P(c3cc(C)cc(C)c3)c3cc(C)cc(C)c3)N(C)C)c2)C2CCCC2[C@@H](c2ccccc2)N(C)C)c1. The van der Waals surface area contributed by atoms with Crippen molar-refractivity contribution in [3.05, 3.63) is 177 Å². The first kappa shape index (κ1) is 46.6. The van der Waals surface area contributed by atoms with Gasteiger partial charge >= 0.3 is 0 Å². The number of aryl methyl sites for hydroxylation is 8. The predicted octanol–water partition coefficient (Wildman–Crippen LogP) is 13.6. The van der Waals surface area contributed by atoms with E-state index in [9.17, 15) is 0 Å². The fourth-order valence-electron chi connectivity index (χ4n) is 12.5. The highest BCUT2D eigenvalue weighted by Crippen LogP contribution is 2.57. The molecule has 2 nitrogen and oxygen atoms in total. The number of hydrogen-bond acceptors (Lipinski definition) is 2. The van der Waals surface area contributed by atoms with Gasteiger partial charge in [-0.05, 0) is 203 Å². The van der Waals surface area contributed by atoms with Crippen molar-refractivity contribution in [1.82, 2.24) is 9.80 Å². The molecule has 334 valence electrons. The minimum absolute atomic E-state index is 0.315. The van der Waals surface area contributed by atoms with Crippen LogP contribution in [0, 0.1) is 67.2 Å². The van der Waals surface area contributed by atoms with Crippen molar-refractivity contribution in [2.24, 2.45) is 11.8 Å². The summed E-state index contributed by atoms with van der Waals surface area (Å²) in [4.78, 5) is 5.08. The predicted molar refractivity (Wildman–Crippen MR) is 283 cm³/mol. The van der Waals surface area contributed by atoms with Gasteiger partial charge in [-0.15, -0.1) is 0 Å². The quantitative estimate of drug-likeness (QED) is 0.107. The van der Waals surface area contributed by atoms with Crippen LogP contribution >= 0.6 is 15.8 Å². The van der Waals surface area contributed by atoms with Crippen molar-refractivity contribution in [3.8, 4) is 11.1 Å². The first-order chi connectivity index (χ1) is 30.7. The van der Waals surface area contributed by atoms with E-state index < -0.39 is 15.8 Å². The molecule has 4 heteroatoms. The summed E-state index contributed by atoms with van der Waals surface area (Å²) in [6, 6.07) is 49.3. The minimum Gasteiger partial charge on any atom is -0.302 e. The molecule has 0 aromatic heterocycles. The van der Waals surface area contributed by atoms with Gasteiger partial charge < -0.3 is 9.80 Å². The summed E-state index contributed by atoms with van der Waals surface area (Å²) in [6.07, 6.45) is 7.64. The maximum atomic E-state index is 2.63. The van der Waals surface area contributed by atoms with E-state index >= 15 is 0 Å². The first-order valence-electron chi connectivity index (χ1n) is 24.1. The summed E-state index contributed by atoms with van der Waals surface area (Å²) in [5.74, 6) is 1.11. The molecule has 0 radical (unpaired) electrons. The van der Waals surface area contributed by atoms with Crippen molar-refractivity contribution < 1.29 is 0 Å². The van der Waals surface area contributed by atoms with Gasteiger partial charge in [0.25, 0.3) is 0 Å². The van der Waals surface area contributed by atoms with Gasteiger partial charge in [-0.3, -0.25) is 0 Å². The lowest BCUT2D eigenvalue weighted by Gasteiger charge is -2.39. The Kier molecular flexibility index (Phi) is 14.5. The molecule has 2 fully saturated rings. The summed E-state index contributed by atoms with van der Waals surface area (Å²) in [6.45, 7) is 18.5. The van der Waals surface area contributed by atoms with Crippen molar-refractivity contribution in [3.63, 3.8) is 0 Å². The molecule has 0 N–H and O–H groups in total. The van der Waals surface area contributed by atoms with Crippen molar-refractivity contribution in [2.45, 2.75) is 117 Å². The Morgan fingerprint density at radius 1 is 0.422 bits per heavy atom. The third kappa shape index (κ3) is 9.93. The molecule has 0 heterocycles. The van der Waals surface area contributed by atoms with Gasteiger partial charge in [-0.2, -0.15) is 0 Å². The molecule has 2 aliphatic rings. The van der Waals surface area contributed by atoms with Crippen LogP contribution in [0.2, 0.25) is 0 Å². The van der Waals surface area contributed by atoms with Crippen LogP contribution in [0.1, 0.15) is 106 Å². The topological polar surface area (TPSA) is 6.48 Å². The van der Waals surface area contributed by atoms with Gasteiger partial charge in [-0.1, -0.05) is 167 Å². The average Bonchev–Trinajstić information content (AvgIpc) is 3.88. The maximum absolute atomic E-state index is 2.63. The Labute approximate surface area is 390 Å². The molecule has 0 spiro atoms. The number of nitrogens with zero attached hydrogens (tertiary/aromatic N) is 2. The highest BCUT2D eigenvalue weighted by atomic mass is 31.1. The maximum Gasteiger partial charge on any atom is 0.0376 e. The van der Waals surface area contributed by atoms with Crippen molar-refractivity contribution in [2.75, 3.05) is 28.2 Å². The van der Waals surface area contributed by atoms with Crippen LogP contribution in [0.25, 0.3) is 11.1 Å². The van der Waals surface area contributed by atoms with Gasteiger partial charge in [0.05, 0.1) is 0 Å². The standard InChI is InChI=1S/C60H74N2P2/c1-39-27-40(2)32-50(31-39)63(51-33-41(3)28-42(4)34-51)55-25-17-23-53(55)60(62(11)12)49-22-16-21-48(38-49)58-46(8)30-45(7)37-57(58)64(52-35-43(5)29-44(6)36-52)56-26-18-24-54(56)59(61(9)10)47-19-14-13-15-20-47/h13-16,19-22,27-38,53-56,59-60H,17-18,23-26H2,1-12H3/t53-,54?,55?,56?,59+,60+,64?/m0/s1. The molecular formula is C60H74N2P2. The summed E-state index contributed by atoms with van der Waals surface area (Å²) in [7, 11) is 8.03. The highest BCUT2D eigenvalue weighted by molar-refractivity contribution is 7.74. The minimum atomic E-state index is -0.707. The molecular weight excluding hydrogens is 811 g/mol. The summed E-state index contributed by atoms with van der Waals surface area (Å²) in [5, 5.41) is 6.22. The molecule has 0 saturated heterocycles. The Morgan fingerprint density at radius 2 is 0.844 bits per heavy atom. The zero-order valence-electron chi connectivity index (χ0n) is 41.0. The molecule has 2 aliphatic carbocycles. The molecule has 7 atom stereocenters. The van der Waals surface area contributed by atoms with Crippen molar-refractivity contribution >= 4 is 37.1 Å². The van der Waals surface area contributed by atoms with E-state index in [1.165, 1.54) is 105 Å². The lowest BCUT2D eigenvalue weighted by atomic mass is 9.88. The van der Waals surface area contributed by atoms with E-state index in [1.807, 2.05) is 0 Å². The van der Waals surface area contributed by atoms with E-state index in [1.54, 1.807) is 21.2 Å². The second kappa shape index (κ2) is 19.9. The summed E-state index contributed by atoms with van der Waals surface area (Å²) in [5.41, 5.74) is 18.0. The molecule has 0 amide bonds. The van der Waals surface area contributed by atoms with Gasteiger partial charge in [0, 0.05) is 12.1 Å². The van der Waals surface area contributed by atoms with E-state index in [2.05, 4.69) is 215 Å². The van der Waals surface area contributed by atoms with Crippen molar-refractivity contribution in [1.29, 1.82) is 0 Å². The van der Waals surface area contributed by atoms with E-state index in [4.69, 9.17) is 0 Å². The van der Waals surface area contributed by atoms with Gasteiger partial charge in [0.2, 0.25) is 0 Å². The lowest BCUT2D eigenvalue weighted by Crippen LogP contribution is -2.35. The Hall–Kier alpha value is -3.90. The monoisotopic (exact) mass is 885 g/mol. The number of rotatable bonds is 13. The van der Waals surface area contributed by atoms with Crippen LogP contribution in [-0.4, -0.2) is 49.3 Å². The fraction of sp³-hybridized carbons (Fsp3) is 0.400. The molecule has 0 aliphatic heterocycles. The lowest BCUT2D eigenvalue weighted by molar-refractivity contribution is 0.217. The highest BCUT2D eigenvalue weighted by Gasteiger charge is 2.43. The van der Waals surface area contributed by atoms with Gasteiger partial charge in [0.15, 0.2) is 0 Å². The Bertz CT molecular complexity index is 2460. The molecule has 6 aromatic rings. The van der Waals surface area contributed by atoms with Gasteiger partial charge in [0.1, 0.15) is 0 Å². The van der Waals surface area contributed by atoms with E-state index in [0.717, 1.165) is 0 Å². The van der Waals surface area contributed by atoms with Crippen LogP contribution in [0.4, 0.5) is 0 Å². The molecule has 64 heavy (non-hydrogen) atoms. The molecule has 4 unspecified atom stereocenters. The zero-order chi connectivity index (χ0) is 45.4. The molecule has 2 saturated carbocycles. The van der Waals surface area contributed by atoms with E-state index in [0.29, 0.717) is 35.2 Å². The summed E-state index contributed by atoms with van der Waals surface area (Å²) < 4.78 is 0. The third-order valence-electron chi connectivity index (χ3n) is 14.5. The largest absolute Gasteiger partial charge is 0.302 e. The Morgan fingerprint density at radius 3 is 1.33 bits per heavy atom. The summed E-state index contributed by atoms with van der Waals surface area (Å²) >= 11 is 0. The van der Waals surface area contributed by atoms with Crippen LogP contribution in [0.15, 0.2) is 121 Å². The molecule has 0 bridgehead atoms. The smallest absolute Gasteiger partial charge is 0.0376 e. The second-order valence-corrected chi connectivity index (χ2v) is 25.3. The number of hydrogen-bond donors (Lipinski definition) is 0. The Balaban J connectivity index is 1.26. The first-order valence-corrected chi connectivity index (χ1v) is 26.9. The van der Waals surface area contributed by atoms with Crippen LogP contribution in [0.5, 0.6) is 0 Å². The number of benzene rings is 6. The normalized spacial score (nSPS) is 20.4. The fourth-order valence-corrected chi connectivity index (χ4v) is 19.8. The third-order valence-corrected chi connectivity index (χ3v) is 20.4. The van der Waals surface area contributed by atoms with Crippen LogP contribution < -0.4 is 21.2 Å². The zero-order valence-corrected chi connectivity index (χ0v) is 42.8. The molecule has 8 rings (SSSR count).